The van der Waals surface area contributed by atoms with Crippen molar-refractivity contribution in [2.45, 2.75) is 26.0 Å². The van der Waals surface area contributed by atoms with E-state index in [1.54, 1.807) is 23.9 Å². The standard InChI is InChI=1S/C14H22N2O3S/c1-3-6-15-14-5-4-13(16(18)19)7-12(14)10-20-9-11(2)8-17/h4-5,7,11,15,17H,3,6,8-10H2,1-2H3. The molecule has 0 saturated carbocycles. The van der Waals surface area contributed by atoms with Gasteiger partial charge in [0, 0.05) is 36.7 Å². The molecule has 6 heteroatoms. The van der Waals surface area contributed by atoms with Crippen LogP contribution in [-0.4, -0.2) is 28.9 Å². The first kappa shape index (κ1) is 16.8. The van der Waals surface area contributed by atoms with E-state index in [1.807, 2.05) is 6.92 Å². The Hall–Kier alpha value is -1.27. The number of hydrogen-bond donors (Lipinski definition) is 2. The van der Waals surface area contributed by atoms with Crippen LogP contribution in [0.1, 0.15) is 25.8 Å². The summed E-state index contributed by atoms with van der Waals surface area (Å²) in [7, 11) is 0. The van der Waals surface area contributed by atoms with Gasteiger partial charge in [-0.25, -0.2) is 0 Å². The maximum Gasteiger partial charge on any atom is 0.269 e. The van der Waals surface area contributed by atoms with E-state index in [2.05, 4.69) is 12.2 Å². The number of aliphatic hydroxyl groups excluding tert-OH is 1. The third-order valence-corrected chi connectivity index (χ3v) is 4.16. The average Bonchev–Trinajstić information content (AvgIpc) is 2.45. The summed E-state index contributed by atoms with van der Waals surface area (Å²) in [4.78, 5) is 10.5. The summed E-state index contributed by atoms with van der Waals surface area (Å²) in [6.07, 6.45) is 1.01. The smallest absolute Gasteiger partial charge is 0.269 e. The fraction of sp³-hybridized carbons (Fsp3) is 0.571. The highest BCUT2D eigenvalue weighted by atomic mass is 32.2. The van der Waals surface area contributed by atoms with Gasteiger partial charge in [0.1, 0.15) is 0 Å². The third-order valence-electron chi connectivity index (χ3n) is 2.84. The SMILES string of the molecule is CCCNc1ccc([N+](=O)[O-])cc1CSCC(C)CO. The van der Waals surface area contributed by atoms with Crippen LogP contribution in [0.3, 0.4) is 0 Å². The Labute approximate surface area is 123 Å². The van der Waals surface area contributed by atoms with E-state index >= 15 is 0 Å². The van der Waals surface area contributed by atoms with Crippen LogP contribution in [0.25, 0.3) is 0 Å². The minimum Gasteiger partial charge on any atom is -0.396 e. The Balaban J connectivity index is 2.76. The number of nitro groups is 1. The number of benzene rings is 1. The first-order valence-electron chi connectivity index (χ1n) is 6.78. The summed E-state index contributed by atoms with van der Waals surface area (Å²) in [5.41, 5.74) is 2.03. The summed E-state index contributed by atoms with van der Waals surface area (Å²) >= 11 is 1.68. The van der Waals surface area contributed by atoms with E-state index < -0.39 is 0 Å². The third kappa shape index (κ3) is 5.38. The van der Waals surface area contributed by atoms with Crippen LogP contribution < -0.4 is 5.32 Å². The van der Waals surface area contributed by atoms with E-state index in [0.29, 0.717) is 5.75 Å². The quantitative estimate of drug-likeness (QED) is 0.540. The molecule has 112 valence electrons. The van der Waals surface area contributed by atoms with Gasteiger partial charge in [0.25, 0.3) is 5.69 Å². The van der Waals surface area contributed by atoms with Crippen molar-refractivity contribution in [1.29, 1.82) is 0 Å². The molecule has 20 heavy (non-hydrogen) atoms. The van der Waals surface area contributed by atoms with Crippen LogP contribution in [0.2, 0.25) is 0 Å². The van der Waals surface area contributed by atoms with E-state index in [-0.39, 0.29) is 23.1 Å². The molecule has 1 unspecified atom stereocenters. The van der Waals surface area contributed by atoms with Crippen molar-refractivity contribution >= 4 is 23.1 Å². The normalized spacial score (nSPS) is 12.2. The van der Waals surface area contributed by atoms with E-state index in [0.717, 1.165) is 30.0 Å². The highest BCUT2D eigenvalue weighted by Crippen LogP contribution is 2.26. The van der Waals surface area contributed by atoms with Crippen molar-refractivity contribution in [3.63, 3.8) is 0 Å². The molecule has 1 aromatic rings. The van der Waals surface area contributed by atoms with Crippen molar-refractivity contribution in [2.24, 2.45) is 5.92 Å². The molecule has 0 aliphatic heterocycles. The second-order valence-electron chi connectivity index (χ2n) is 4.83. The Morgan fingerprint density at radius 1 is 1.50 bits per heavy atom. The van der Waals surface area contributed by atoms with Gasteiger partial charge in [-0.15, -0.1) is 0 Å². The number of non-ortho nitro benzene ring substituents is 1. The molecule has 1 aromatic carbocycles. The van der Waals surface area contributed by atoms with E-state index in [9.17, 15) is 10.1 Å². The van der Waals surface area contributed by atoms with E-state index in [4.69, 9.17) is 5.11 Å². The maximum absolute atomic E-state index is 10.9. The zero-order valence-corrected chi connectivity index (χ0v) is 12.8. The minimum atomic E-state index is -0.367. The van der Waals surface area contributed by atoms with Crippen LogP contribution in [0.4, 0.5) is 11.4 Å². The van der Waals surface area contributed by atoms with Gasteiger partial charge in [0.15, 0.2) is 0 Å². The Morgan fingerprint density at radius 2 is 2.25 bits per heavy atom. The minimum absolute atomic E-state index is 0.123. The number of nitrogens with one attached hydrogen (secondary N) is 1. The number of nitrogens with zero attached hydrogens (tertiary/aromatic N) is 1. The lowest BCUT2D eigenvalue weighted by Gasteiger charge is -2.12. The summed E-state index contributed by atoms with van der Waals surface area (Å²) in [5, 5.41) is 23.2. The molecular weight excluding hydrogens is 276 g/mol. The molecule has 0 bridgehead atoms. The number of nitro benzene ring substituents is 1. The van der Waals surface area contributed by atoms with Crippen molar-refractivity contribution in [3.05, 3.63) is 33.9 Å². The van der Waals surface area contributed by atoms with Crippen LogP contribution in [0.5, 0.6) is 0 Å². The Kier molecular flexibility index (Phi) is 7.40. The van der Waals surface area contributed by atoms with Gasteiger partial charge in [0.2, 0.25) is 0 Å². The average molecular weight is 298 g/mol. The summed E-state index contributed by atoms with van der Waals surface area (Å²) < 4.78 is 0. The van der Waals surface area contributed by atoms with Gasteiger partial charge in [-0.05, 0) is 29.7 Å². The molecule has 0 radical (unpaired) electrons. The molecule has 1 rings (SSSR count). The van der Waals surface area contributed by atoms with Gasteiger partial charge >= 0.3 is 0 Å². The molecule has 0 aromatic heterocycles. The number of anilines is 1. The summed E-state index contributed by atoms with van der Waals surface area (Å²) in [5.74, 6) is 1.79. The monoisotopic (exact) mass is 298 g/mol. The lowest BCUT2D eigenvalue weighted by molar-refractivity contribution is -0.384. The van der Waals surface area contributed by atoms with Crippen LogP contribution in [-0.2, 0) is 5.75 Å². The number of aliphatic hydroxyl groups is 1. The van der Waals surface area contributed by atoms with Gasteiger partial charge in [-0.3, -0.25) is 10.1 Å². The highest BCUT2D eigenvalue weighted by molar-refractivity contribution is 7.98. The van der Waals surface area contributed by atoms with Gasteiger partial charge < -0.3 is 10.4 Å². The van der Waals surface area contributed by atoms with Gasteiger partial charge in [-0.1, -0.05) is 13.8 Å². The summed E-state index contributed by atoms with van der Waals surface area (Å²) in [6.45, 7) is 5.08. The van der Waals surface area contributed by atoms with Crippen molar-refractivity contribution in [2.75, 3.05) is 24.2 Å². The topological polar surface area (TPSA) is 75.4 Å². The number of hydrogen-bond acceptors (Lipinski definition) is 5. The Bertz CT molecular complexity index is 440. The van der Waals surface area contributed by atoms with E-state index in [1.165, 1.54) is 6.07 Å². The van der Waals surface area contributed by atoms with Crippen LogP contribution >= 0.6 is 11.8 Å². The fourth-order valence-electron chi connectivity index (χ4n) is 1.67. The molecule has 0 amide bonds. The largest absolute Gasteiger partial charge is 0.396 e. The molecule has 0 fully saturated rings. The predicted molar refractivity (Wildman–Crippen MR) is 84.3 cm³/mol. The lowest BCUT2D eigenvalue weighted by atomic mass is 10.1. The highest BCUT2D eigenvalue weighted by Gasteiger charge is 2.11. The van der Waals surface area contributed by atoms with Crippen LogP contribution in [0.15, 0.2) is 18.2 Å². The molecule has 0 aliphatic rings. The molecule has 0 saturated heterocycles. The second-order valence-corrected chi connectivity index (χ2v) is 5.86. The maximum atomic E-state index is 10.9. The zero-order chi connectivity index (χ0) is 15.0. The summed E-state index contributed by atoms with van der Waals surface area (Å²) in [6, 6.07) is 4.94. The molecular formula is C14H22N2O3S. The zero-order valence-electron chi connectivity index (χ0n) is 12.0. The second kappa shape index (κ2) is 8.81. The molecule has 5 nitrogen and oxygen atoms in total. The Morgan fingerprint density at radius 3 is 2.85 bits per heavy atom. The van der Waals surface area contributed by atoms with Gasteiger partial charge in [-0.2, -0.15) is 11.8 Å². The molecule has 2 N–H and O–H groups in total. The van der Waals surface area contributed by atoms with Crippen molar-refractivity contribution < 1.29 is 10.0 Å². The van der Waals surface area contributed by atoms with Crippen molar-refractivity contribution in [1.82, 2.24) is 0 Å². The van der Waals surface area contributed by atoms with Crippen LogP contribution in [0, 0.1) is 16.0 Å². The first-order valence-corrected chi connectivity index (χ1v) is 7.93. The van der Waals surface area contributed by atoms with Gasteiger partial charge in [0.05, 0.1) is 4.92 Å². The number of thioether (sulfide) groups is 1. The molecule has 0 heterocycles. The lowest BCUT2D eigenvalue weighted by Crippen LogP contribution is -2.05. The first-order chi connectivity index (χ1) is 9.58. The fourth-order valence-corrected chi connectivity index (χ4v) is 2.75. The predicted octanol–water partition coefficient (Wildman–Crippen LogP) is 3.28. The molecule has 0 spiro atoms. The molecule has 0 aliphatic carbocycles. The van der Waals surface area contributed by atoms with Crippen molar-refractivity contribution in [3.8, 4) is 0 Å². The molecule has 1 atom stereocenters. The number of rotatable bonds is 9.